The number of carbonyl (C=O) groups is 1. The first-order valence-electron chi connectivity index (χ1n) is 4.04. The van der Waals surface area contributed by atoms with Gasteiger partial charge in [0.05, 0.1) is 0 Å². The average molecular weight is 177 g/mol. The van der Waals surface area contributed by atoms with Crippen molar-refractivity contribution in [1.82, 2.24) is 0 Å². The Morgan fingerprint density at radius 1 is 1.45 bits per heavy atom. The van der Waals surface area contributed by atoms with E-state index < -0.39 is 0 Å². The van der Waals surface area contributed by atoms with Gasteiger partial charge in [-0.25, -0.2) is 0 Å². The molecule has 0 atom stereocenters. The summed E-state index contributed by atoms with van der Waals surface area (Å²) in [5.74, 6) is 0.596. The van der Waals surface area contributed by atoms with Crippen LogP contribution in [0.2, 0.25) is 0 Å². The predicted molar refractivity (Wildman–Crippen MR) is 48.7 cm³/mol. The second-order valence-corrected chi connectivity index (χ2v) is 4.42. The fourth-order valence-corrected chi connectivity index (χ4v) is 0.804. The zero-order chi connectivity index (χ0) is 9.07. The van der Waals surface area contributed by atoms with Gasteiger partial charge in [-0.15, -0.1) is 0 Å². The number of hydrogen-bond acceptors (Lipinski definition) is 1. The molecule has 0 aromatic rings. The van der Waals surface area contributed by atoms with E-state index in [1.54, 1.807) is 0 Å². The third kappa shape index (κ3) is 4.41. The zero-order valence-electron chi connectivity index (χ0n) is 7.78. The Morgan fingerprint density at radius 2 is 1.91 bits per heavy atom. The van der Waals surface area contributed by atoms with Crippen LogP contribution in [-0.2, 0) is 4.79 Å². The number of halogens is 1. The second kappa shape index (κ2) is 4.10. The van der Waals surface area contributed by atoms with E-state index in [1.165, 1.54) is 0 Å². The van der Waals surface area contributed by atoms with Crippen LogP contribution in [0, 0.1) is 11.3 Å². The minimum absolute atomic E-state index is 0.223. The van der Waals surface area contributed by atoms with E-state index >= 15 is 0 Å². The largest absolute Gasteiger partial charge is 0.281 e. The minimum Gasteiger partial charge on any atom is -0.281 e. The van der Waals surface area contributed by atoms with Crippen LogP contribution >= 0.6 is 11.6 Å². The third-order valence-electron chi connectivity index (χ3n) is 2.53. The first-order valence-corrected chi connectivity index (χ1v) is 4.42. The highest BCUT2D eigenvalue weighted by Gasteiger charge is 2.22. The van der Waals surface area contributed by atoms with Gasteiger partial charge >= 0.3 is 0 Å². The van der Waals surface area contributed by atoms with Gasteiger partial charge in [0.25, 0.3) is 0 Å². The second-order valence-electron chi connectivity index (χ2n) is 4.00. The summed E-state index contributed by atoms with van der Waals surface area (Å²) in [6, 6.07) is 0. The van der Waals surface area contributed by atoms with Gasteiger partial charge in [0.2, 0.25) is 5.24 Å². The number of carbonyl (C=O) groups excluding carboxylic acids is 1. The number of rotatable bonds is 4. The summed E-state index contributed by atoms with van der Waals surface area (Å²) in [5, 5.41) is -0.223. The molecule has 0 spiro atoms. The van der Waals surface area contributed by atoms with Gasteiger partial charge in [-0.1, -0.05) is 27.7 Å². The highest BCUT2D eigenvalue weighted by Crippen LogP contribution is 2.31. The lowest BCUT2D eigenvalue weighted by Gasteiger charge is -2.28. The molecule has 1 nitrogen and oxygen atoms in total. The van der Waals surface area contributed by atoms with E-state index in [2.05, 4.69) is 27.7 Å². The first-order chi connectivity index (χ1) is 4.86. The van der Waals surface area contributed by atoms with Gasteiger partial charge < -0.3 is 0 Å². The van der Waals surface area contributed by atoms with Crippen molar-refractivity contribution in [2.45, 2.75) is 40.5 Å². The minimum atomic E-state index is -0.223. The summed E-state index contributed by atoms with van der Waals surface area (Å²) < 4.78 is 0. The summed E-state index contributed by atoms with van der Waals surface area (Å²) in [7, 11) is 0. The third-order valence-corrected chi connectivity index (χ3v) is 2.72. The Morgan fingerprint density at radius 3 is 2.18 bits per heavy atom. The quantitative estimate of drug-likeness (QED) is 0.602. The topological polar surface area (TPSA) is 17.1 Å². The Balaban J connectivity index is 3.82. The zero-order valence-corrected chi connectivity index (χ0v) is 8.53. The Kier molecular flexibility index (Phi) is 4.09. The Hall–Kier alpha value is -0.0400. The molecule has 0 fully saturated rings. The maximum atomic E-state index is 10.5. The molecule has 0 aliphatic heterocycles. The lowest BCUT2D eigenvalue weighted by atomic mass is 9.78. The smallest absolute Gasteiger partial charge is 0.221 e. The van der Waals surface area contributed by atoms with Crippen LogP contribution in [-0.4, -0.2) is 5.24 Å². The van der Waals surface area contributed by atoms with Crippen LogP contribution in [0.5, 0.6) is 0 Å². The molecule has 0 aromatic heterocycles. The molecule has 0 saturated heterocycles. The van der Waals surface area contributed by atoms with Crippen molar-refractivity contribution in [3.8, 4) is 0 Å². The van der Waals surface area contributed by atoms with Crippen LogP contribution in [0.25, 0.3) is 0 Å². The molecule has 2 heteroatoms. The summed E-state index contributed by atoms with van der Waals surface area (Å²) in [4.78, 5) is 10.5. The van der Waals surface area contributed by atoms with Crippen LogP contribution in [0.15, 0.2) is 0 Å². The normalized spacial score (nSPS) is 12.2. The molecule has 0 heterocycles. The van der Waals surface area contributed by atoms with E-state index in [9.17, 15) is 4.79 Å². The molecule has 0 amide bonds. The van der Waals surface area contributed by atoms with Gasteiger partial charge in [0, 0.05) is 6.42 Å². The molecule has 0 bridgehead atoms. The highest BCUT2D eigenvalue weighted by atomic mass is 35.5. The van der Waals surface area contributed by atoms with Gasteiger partial charge in [-0.05, 0) is 29.4 Å². The fourth-order valence-electron chi connectivity index (χ4n) is 0.709. The molecule has 0 unspecified atom stereocenters. The van der Waals surface area contributed by atoms with Crippen LogP contribution in [0.4, 0.5) is 0 Å². The molecule has 11 heavy (non-hydrogen) atoms. The Bertz CT molecular complexity index is 138. The van der Waals surface area contributed by atoms with Crippen molar-refractivity contribution in [3.63, 3.8) is 0 Å². The average Bonchev–Trinajstić information content (AvgIpc) is 1.84. The molecule has 0 radical (unpaired) electrons. The molecular weight excluding hydrogens is 160 g/mol. The van der Waals surface area contributed by atoms with Crippen molar-refractivity contribution in [3.05, 3.63) is 0 Å². The SMILES string of the molecule is CC(C)C(C)(C)CCC(=O)Cl. The van der Waals surface area contributed by atoms with Gasteiger partial charge in [-0.2, -0.15) is 0 Å². The maximum Gasteiger partial charge on any atom is 0.221 e. The van der Waals surface area contributed by atoms with Crippen molar-refractivity contribution in [2.75, 3.05) is 0 Å². The molecule has 0 aliphatic carbocycles. The predicted octanol–water partition coefficient (Wildman–Crippen LogP) is 3.21. The summed E-state index contributed by atoms with van der Waals surface area (Å²) in [6.07, 6.45) is 1.37. The van der Waals surface area contributed by atoms with E-state index in [4.69, 9.17) is 11.6 Å². The molecule has 66 valence electrons. The first kappa shape index (κ1) is 11.0. The molecule has 0 aromatic carbocycles. The summed E-state index contributed by atoms with van der Waals surface area (Å²) in [5.41, 5.74) is 0.227. The van der Waals surface area contributed by atoms with Gasteiger partial charge in [0.1, 0.15) is 0 Å². The van der Waals surface area contributed by atoms with Crippen LogP contribution in [0.1, 0.15) is 40.5 Å². The summed E-state index contributed by atoms with van der Waals surface area (Å²) >= 11 is 5.25. The van der Waals surface area contributed by atoms with Crippen molar-refractivity contribution >= 4 is 16.8 Å². The molecular formula is C9H17ClO. The van der Waals surface area contributed by atoms with E-state index in [0.29, 0.717) is 12.3 Å². The van der Waals surface area contributed by atoms with Crippen molar-refractivity contribution in [2.24, 2.45) is 11.3 Å². The van der Waals surface area contributed by atoms with Crippen molar-refractivity contribution < 1.29 is 4.79 Å². The Labute approximate surface area is 74.1 Å². The standard InChI is InChI=1S/C9H17ClO/c1-7(2)9(3,4)6-5-8(10)11/h7H,5-6H2,1-4H3. The molecule has 0 N–H and O–H groups in total. The monoisotopic (exact) mass is 176 g/mol. The molecule has 0 saturated carbocycles. The van der Waals surface area contributed by atoms with E-state index in [1.807, 2.05) is 0 Å². The molecule has 0 aliphatic rings. The van der Waals surface area contributed by atoms with Crippen molar-refractivity contribution in [1.29, 1.82) is 0 Å². The van der Waals surface area contributed by atoms with Gasteiger partial charge in [-0.3, -0.25) is 4.79 Å². The maximum absolute atomic E-state index is 10.5. The molecule has 0 rings (SSSR count). The highest BCUT2D eigenvalue weighted by molar-refractivity contribution is 6.63. The summed E-state index contributed by atoms with van der Waals surface area (Å²) in [6.45, 7) is 8.66. The van der Waals surface area contributed by atoms with Crippen LogP contribution in [0.3, 0.4) is 0 Å². The lowest BCUT2D eigenvalue weighted by molar-refractivity contribution is -0.112. The van der Waals surface area contributed by atoms with E-state index in [0.717, 1.165) is 6.42 Å². The van der Waals surface area contributed by atoms with Crippen LogP contribution < -0.4 is 0 Å². The fraction of sp³-hybridized carbons (Fsp3) is 0.889. The lowest BCUT2D eigenvalue weighted by Crippen LogP contribution is -2.19. The van der Waals surface area contributed by atoms with E-state index in [-0.39, 0.29) is 10.7 Å². The number of hydrogen-bond donors (Lipinski definition) is 0. The van der Waals surface area contributed by atoms with Gasteiger partial charge in [0.15, 0.2) is 0 Å².